The smallest absolute Gasteiger partial charge is 0.0181 e. The standard InChI is InChI=1S/C8H11NS/c1-2-10(9)8-6-4-3-5-7-8/h3-7,9H,2H2,1H3. The van der Waals surface area contributed by atoms with Crippen LogP contribution in [0.25, 0.3) is 0 Å². The van der Waals surface area contributed by atoms with Crippen LogP contribution in [0.3, 0.4) is 0 Å². The molecule has 1 unspecified atom stereocenters. The SMILES string of the molecule is CCS(=N)c1ccccc1. The summed E-state index contributed by atoms with van der Waals surface area (Å²) in [6, 6.07) is 9.98. The number of hydrogen-bond acceptors (Lipinski definition) is 1. The summed E-state index contributed by atoms with van der Waals surface area (Å²) in [5, 5.41) is 0. The lowest BCUT2D eigenvalue weighted by molar-refractivity contribution is 1.38. The third-order valence-electron chi connectivity index (χ3n) is 1.32. The summed E-state index contributed by atoms with van der Waals surface area (Å²) >= 11 is 0. The van der Waals surface area contributed by atoms with E-state index in [4.69, 9.17) is 4.78 Å². The fourth-order valence-electron chi connectivity index (χ4n) is 0.751. The Morgan fingerprint density at radius 3 is 2.40 bits per heavy atom. The van der Waals surface area contributed by atoms with E-state index in [1.54, 1.807) is 0 Å². The fraction of sp³-hybridized carbons (Fsp3) is 0.250. The Morgan fingerprint density at radius 2 is 1.90 bits per heavy atom. The average Bonchev–Trinajstić information content (AvgIpc) is 2.05. The zero-order valence-corrected chi connectivity index (χ0v) is 6.82. The molecule has 0 aromatic heterocycles. The minimum absolute atomic E-state index is 0.290. The van der Waals surface area contributed by atoms with Gasteiger partial charge in [-0.25, -0.2) is 0 Å². The van der Waals surface area contributed by atoms with Crippen molar-refractivity contribution < 1.29 is 0 Å². The Hall–Kier alpha value is -0.630. The quantitative estimate of drug-likeness (QED) is 0.675. The molecule has 0 heterocycles. The number of hydrogen-bond donors (Lipinski definition) is 1. The number of nitrogens with one attached hydrogen (secondary N) is 1. The molecule has 0 amide bonds. The van der Waals surface area contributed by atoms with Gasteiger partial charge in [-0.2, -0.15) is 0 Å². The van der Waals surface area contributed by atoms with Gasteiger partial charge in [0.1, 0.15) is 0 Å². The predicted octanol–water partition coefficient (Wildman–Crippen LogP) is 2.45. The Kier molecular flexibility index (Phi) is 2.63. The maximum Gasteiger partial charge on any atom is 0.0181 e. The first-order chi connectivity index (χ1) is 4.84. The van der Waals surface area contributed by atoms with Crippen LogP contribution in [0.4, 0.5) is 0 Å². The van der Waals surface area contributed by atoms with Crippen molar-refractivity contribution >= 4 is 10.7 Å². The first-order valence-electron chi connectivity index (χ1n) is 3.31. The van der Waals surface area contributed by atoms with E-state index in [1.807, 2.05) is 37.3 Å². The molecule has 0 spiro atoms. The molecule has 0 aliphatic heterocycles. The third-order valence-corrected chi connectivity index (χ3v) is 2.73. The van der Waals surface area contributed by atoms with E-state index in [0.717, 1.165) is 10.6 Å². The van der Waals surface area contributed by atoms with Gasteiger partial charge in [0, 0.05) is 10.6 Å². The molecular formula is C8H11NS. The second kappa shape index (κ2) is 3.52. The maximum atomic E-state index is 7.59. The van der Waals surface area contributed by atoms with Crippen molar-refractivity contribution in [3.8, 4) is 0 Å². The minimum atomic E-state index is -0.290. The molecule has 54 valence electrons. The zero-order chi connectivity index (χ0) is 7.40. The zero-order valence-electron chi connectivity index (χ0n) is 6.00. The molecule has 1 nitrogen and oxygen atoms in total. The van der Waals surface area contributed by atoms with Crippen LogP contribution < -0.4 is 0 Å². The van der Waals surface area contributed by atoms with Gasteiger partial charge in [-0.1, -0.05) is 35.8 Å². The summed E-state index contributed by atoms with van der Waals surface area (Å²) in [6.07, 6.45) is 0. The highest BCUT2D eigenvalue weighted by Crippen LogP contribution is 2.04. The van der Waals surface area contributed by atoms with Crippen molar-refractivity contribution in [3.05, 3.63) is 30.3 Å². The summed E-state index contributed by atoms with van der Waals surface area (Å²) in [6.45, 7) is 2.04. The summed E-state index contributed by atoms with van der Waals surface area (Å²) < 4.78 is 7.59. The van der Waals surface area contributed by atoms with E-state index in [1.165, 1.54) is 0 Å². The molecule has 2 heteroatoms. The molecule has 1 aromatic carbocycles. The van der Waals surface area contributed by atoms with Crippen molar-refractivity contribution in [2.24, 2.45) is 0 Å². The van der Waals surface area contributed by atoms with E-state index in [-0.39, 0.29) is 10.7 Å². The molecule has 10 heavy (non-hydrogen) atoms. The highest BCUT2D eigenvalue weighted by molar-refractivity contribution is 7.86. The predicted molar refractivity (Wildman–Crippen MR) is 45.3 cm³/mol. The first-order valence-corrected chi connectivity index (χ1v) is 4.71. The van der Waals surface area contributed by atoms with Crippen LogP contribution in [-0.4, -0.2) is 5.75 Å². The van der Waals surface area contributed by atoms with E-state index in [0.29, 0.717) is 0 Å². The Balaban J connectivity index is 2.85. The van der Waals surface area contributed by atoms with Crippen molar-refractivity contribution in [3.63, 3.8) is 0 Å². The largest absolute Gasteiger partial charge is 0.276 e. The summed E-state index contributed by atoms with van der Waals surface area (Å²) in [7, 11) is -0.290. The summed E-state index contributed by atoms with van der Waals surface area (Å²) in [5.74, 6) is 0.921. The average molecular weight is 153 g/mol. The van der Waals surface area contributed by atoms with Crippen LogP contribution in [-0.2, 0) is 10.7 Å². The van der Waals surface area contributed by atoms with Crippen molar-refractivity contribution in [1.82, 2.24) is 0 Å². The van der Waals surface area contributed by atoms with Crippen LogP contribution in [0.15, 0.2) is 35.2 Å². The highest BCUT2D eigenvalue weighted by Gasteiger charge is 1.91. The molecule has 0 saturated carbocycles. The van der Waals surface area contributed by atoms with Gasteiger partial charge in [-0.05, 0) is 12.1 Å². The number of rotatable bonds is 2. The monoisotopic (exact) mass is 153 g/mol. The Labute approximate surface area is 64.0 Å². The van der Waals surface area contributed by atoms with Crippen LogP contribution in [0.5, 0.6) is 0 Å². The second-order valence-electron chi connectivity index (χ2n) is 1.99. The van der Waals surface area contributed by atoms with Crippen LogP contribution in [0.2, 0.25) is 0 Å². The molecule has 0 fully saturated rings. The normalized spacial score (nSPS) is 12.9. The molecule has 1 aromatic rings. The molecule has 1 atom stereocenters. The van der Waals surface area contributed by atoms with Gasteiger partial charge in [0.25, 0.3) is 0 Å². The van der Waals surface area contributed by atoms with Gasteiger partial charge in [-0.15, -0.1) is 0 Å². The van der Waals surface area contributed by atoms with E-state index < -0.39 is 0 Å². The molecule has 0 aliphatic rings. The van der Waals surface area contributed by atoms with Gasteiger partial charge in [-0.3, -0.25) is 4.78 Å². The molecule has 0 bridgehead atoms. The van der Waals surface area contributed by atoms with Crippen molar-refractivity contribution in [2.45, 2.75) is 11.8 Å². The van der Waals surface area contributed by atoms with Crippen LogP contribution in [0, 0.1) is 4.78 Å². The summed E-state index contributed by atoms with van der Waals surface area (Å²) in [4.78, 5) is 1.14. The van der Waals surface area contributed by atoms with Gasteiger partial charge in [0.05, 0.1) is 0 Å². The Morgan fingerprint density at radius 1 is 1.30 bits per heavy atom. The third kappa shape index (κ3) is 1.67. The lowest BCUT2D eigenvalue weighted by Gasteiger charge is -1.99. The second-order valence-corrected chi connectivity index (χ2v) is 3.82. The van der Waals surface area contributed by atoms with E-state index in [2.05, 4.69) is 0 Å². The topological polar surface area (TPSA) is 23.9 Å². The molecule has 0 aliphatic carbocycles. The molecule has 0 radical (unpaired) electrons. The lowest BCUT2D eigenvalue weighted by Crippen LogP contribution is -1.89. The molecular weight excluding hydrogens is 142 g/mol. The molecule has 1 N–H and O–H groups in total. The van der Waals surface area contributed by atoms with E-state index in [9.17, 15) is 0 Å². The maximum absolute atomic E-state index is 7.59. The minimum Gasteiger partial charge on any atom is -0.276 e. The van der Waals surface area contributed by atoms with Gasteiger partial charge < -0.3 is 0 Å². The lowest BCUT2D eigenvalue weighted by atomic mass is 10.4. The highest BCUT2D eigenvalue weighted by atomic mass is 32.2. The van der Waals surface area contributed by atoms with Gasteiger partial charge in [0.15, 0.2) is 0 Å². The van der Waals surface area contributed by atoms with E-state index >= 15 is 0 Å². The Bertz CT molecular complexity index is 218. The van der Waals surface area contributed by atoms with Gasteiger partial charge in [0.2, 0.25) is 0 Å². The van der Waals surface area contributed by atoms with Crippen molar-refractivity contribution in [2.75, 3.05) is 5.75 Å². The number of benzene rings is 1. The fourth-order valence-corrected chi connectivity index (χ4v) is 1.57. The van der Waals surface area contributed by atoms with Crippen LogP contribution >= 0.6 is 0 Å². The van der Waals surface area contributed by atoms with Crippen LogP contribution in [0.1, 0.15) is 6.92 Å². The van der Waals surface area contributed by atoms with Crippen molar-refractivity contribution in [1.29, 1.82) is 4.78 Å². The summed E-state index contributed by atoms with van der Waals surface area (Å²) in [5.41, 5.74) is 0. The molecule has 1 rings (SSSR count). The van der Waals surface area contributed by atoms with Gasteiger partial charge >= 0.3 is 0 Å². The molecule has 0 saturated heterocycles. The first kappa shape index (κ1) is 7.48.